The molecular weight excluding hydrogens is 479 g/mol. The molecule has 2 heterocycles. The Morgan fingerprint density at radius 2 is 1.88 bits per heavy atom. The highest BCUT2D eigenvalue weighted by Gasteiger charge is 2.36. The number of benzene rings is 1. The molecule has 0 saturated heterocycles. The van der Waals surface area contributed by atoms with Gasteiger partial charge >= 0.3 is 6.18 Å². The predicted molar refractivity (Wildman–Crippen MR) is 116 cm³/mol. The Kier molecular flexibility index (Phi) is 7.10. The van der Waals surface area contributed by atoms with Crippen molar-refractivity contribution in [3.05, 3.63) is 51.5 Å². The van der Waals surface area contributed by atoms with E-state index in [1.807, 2.05) is 0 Å². The van der Waals surface area contributed by atoms with Gasteiger partial charge in [0.2, 0.25) is 5.91 Å². The van der Waals surface area contributed by atoms with Gasteiger partial charge in [-0.15, -0.1) is 22.7 Å². The summed E-state index contributed by atoms with van der Waals surface area (Å²) in [5.74, 6) is -0.402. The van der Waals surface area contributed by atoms with Crippen LogP contribution in [-0.4, -0.2) is 32.2 Å². The van der Waals surface area contributed by atoms with Crippen LogP contribution in [0.4, 0.5) is 18.3 Å². The number of alkyl halides is 3. The summed E-state index contributed by atoms with van der Waals surface area (Å²) in [6.07, 6.45) is -3.45. The number of carbonyl (C=O) groups excluding carboxylic acids is 1. The van der Waals surface area contributed by atoms with Gasteiger partial charge in [0, 0.05) is 11.3 Å². The SMILES string of the molecule is O=C(Nc1nc(-c2sc(CO)nc2CO)cs1)[C@H]1C[C@@H](OCc2ccc(C(F)(F)F)cc2)C1. The maximum atomic E-state index is 12.6. The van der Waals surface area contributed by atoms with Gasteiger partial charge in [-0.25, -0.2) is 9.97 Å². The van der Waals surface area contributed by atoms with Gasteiger partial charge in [-0.05, 0) is 30.5 Å². The van der Waals surface area contributed by atoms with Gasteiger partial charge in [0.15, 0.2) is 5.13 Å². The van der Waals surface area contributed by atoms with Gasteiger partial charge in [-0.3, -0.25) is 4.79 Å². The van der Waals surface area contributed by atoms with Gasteiger partial charge in [-0.1, -0.05) is 12.1 Å². The van der Waals surface area contributed by atoms with Gasteiger partial charge in [0.05, 0.1) is 47.8 Å². The molecule has 1 aliphatic rings. The first-order chi connectivity index (χ1) is 15.8. The van der Waals surface area contributed by atoms with E-state index in [-0.39, 0.29) is 37.7 Å². The minimum absolute atomic E-state index is 0.129. The van der Waals surface area contributed by atoms with Crippen molar-refractivity contribution in [2.45, 2.75) is 44.9 Å². The largest absolute Gasteiger partial charge is 0.416 e. The van der Waals surface area contributed by atoms with Crippen molar-refractivity contribution < 1.29 is 32.9 Å². The number of aliphatic hydroxyl groups excluding tert-OH is 2. The van der Waals surface area contributed by atoms with Crippen molar-refractivity contribution in [2.24, 2.45) is 5.92 Å². The molecule has 0 bridgehead atoms. The minimum atomic E-state index is -4.36. The maximum absolute atomic E-state index is 12.6. The first-order valence-electron chi connectivity index (χ1n) is 10.0. The van der Waals surface area contributed by atoms with E-state index in [9.17, 15) is 28.2 Å². The highest BCUT2D eigenvalue weighted by molar-refractivity contribution is 7.17. The monoisotopic (exact) mass is 499 g/mol. The van der Waals surface area contributed by atoms with Gasteiger partial charge in [-0.2, -0.15) is 13.2 Å². The molecule has 1 amide bonds. The van der Waals surface area contributed by atoms with Crippen molar-refractivity contribution in [1.29, 1.82) is 0 Å². The molecule has 12 heteroatoms. The fraction of sp³-hybridized carbons (Fsp3) is 0.381. The van der Waals surface area contributed by atoms with Crippen molar-refractivity contribution in [3.63, 3.8) is 0 Å². The van der Waals surface area contributed by atoms with Crippen LogP contribution < -0.4 is 5.32 Å². The Morgan fingerprint density at radius 1 is 1.15 bits per heavy atom. The number of aromatic nitrogens is 2. The molecule has 0 spiro atoms. The molecule has 7 nitrogen and oxygen atoms in total. The quantitative estimate of drug-likeness (QED) is 0.429. The number of nitrogens with zero attached hydrogens (tertiary/aromatic N) is 2. The zero-order valence-electron chi connectivity index (χ0n) is 17.1. The van der Waals surface area contributed by atoms with E-state index in [0.29, 0.717) is 44.8 Å². The van der Waals surface area contributed by atoms with E-state index >= 15 is 0 Å². The molecule has 4 rings (SSSR count). The summed E-state index contributed by atoms with van der Waals surface area (Å²) in [5.41, 5.74) is 0.941. The fourth-order valence-electron chi connectivity index (χ4n) is 3.34. The first-order valence-corrected chi connectivity index (χ1v) is 11.7. The third-order valence-corrected chi connectivity index (χ3v) is 7.09. The summed E-state index contributed by atoms with van der Waals surface area (Å²) < 4.78 is 43.5. The van der Waals surface area contributed by atoms with Crippen LogP contribution >= 0.6 is 22.7 Å². The standard InChI is InChI=1S/C21H20F3N3O4S2/c22-21(23,24)13-3-1-11(2-4-13)9-31-14-5-12(6-14)19(30)27-20-26-16(10-32-20)18-15(7-28)25-17(8-29)33-18/h1-4,10,12,14,28-29H,5-9H2,(H,26,27,30)/t12-,14+. The summed E-state index contributed by atoms with van der Waals surface area (Å²) >= 11 is 2.49. The van der Waals surface area contributed by atoms with E-state index in [2.05, 4.69) is 15.3 Å². The number of carbonyl (C=O) groups is 1. The van der Waals surface area contributed by atoms with Crippen LogP contribution in [0.5, 0.6) is 0 Å². The van der Waals surface area contributed by atoms with Crippen LogP contribution in [0.15, 0.2) is 29.6 Å². The second-order valence-corrected chi connectivity index (χ2v) is 9.46. The Labute approximate surface area is 194 Å². The fourth-order valence-corrected chi connectivity index (χ4v) is 5.01. The van der Waals surface area contributed by atoms with Crippen LogP contribution in [-0.2, 0) is 35.5 Å². The van der Waals surface area contributed by atoms with Crippen molar-refractivity contribution in [3.8, 4) is 10.6 Å². The molecule has 2 aromatic heterocycles. The number of ether oxygens (including phenoxy) is 1. The average molecular weight is 500 g/mol. The molecule has 3 aromatic rings. The maximum Gasteiger partial charge on any atom is 0.416 e. The highest BCUT2D eigenvalue weighted by Crippen LogP contribution is 2.35. The average Bonchev–Trinajstić information content (AvgIpc) is 3.38. The number of amides is 1. The normalized spacial score (nSPS) is 18.2. The van der Waals surface area contributed by atoms with Crippen LogP contribution in [0.3, 0.4) is 0 Å². The second kappa shape index (κ2) is 9.85. The molecular formula is C21H20F3N3O4S2. The number of hydrogen-bond donors (Lipinski definition) is 3. The summed E-state index contributed by atoms with van der Waals surface area (Å²) in [5, 5.41) is 24.1. The van der Waals surface area contributed by atoms with Crippen molar-refractivity contribution in [2.75, 3.05) is 5.32 Å². The van der Waals surface area contributed by atoms with E-state index in [0.717, 1.165) is 12.1 Å². The number of thiazole rings is 2. The van der Waals surface area contributed by atoms with E-state index < -0.39 is 11.7 Å². The molecule has 3 N–H and O–H groups in total. The number of anilines is 1. The molecule has 1 fully saturated rings. The minimum Gasteiger partial charge on any atom is -0.390 e. The molecule has 176 valence electrons. The Hall–Kier alpha value is -2.38. The van der Waals surface area contributed by atoms with Crippen LogP contribution in [0.2, 0.25) is 0 Å². The zero-order valence-corrected chi connectivity index (χ0v) is 18.8. The molecule has 0 atom stereocenters. The molecule has 1 saturated carbocycles. The third kappa shape index (κ3) is 5.58. The molecule has 1 aromatic carbocycles. The van der Waals surface area contributed by atoms with E-state index in [4.69, 9.17) is 4.74 Å². The van der Waals surface area contributed by atoms with Gasteiger partial charge in [0.25, 0.3) is 0 Å². The van der Waals surface area contributed by atoms with Crippen molar-refractivity contribution in [1.82, 2.24) is 9.97 Å². The second-order valence-electron chi connectivity index (χ2n) is 7.52. The first kappa shape index (κ1) is 23.8. The predicted octanol–water partition coefficient (Wildman–Crippen LogP) is 4.20. The molecule has 0 aliphatic heterocycles. The van der Waals surface area contributed by atoms with Crippen LogP contribution in [0, 0.1) is 5.92 Å². The summed E-state index contributed by atoms with van der Waals surface area (Å²) in [7, 11) is 0. The number of hydrogen-bond acceptors (Lipinski definition) is 8. The Morgan fingerprint density at radius 3 is 2.52 bits per heavy atom. The van der Waals surface area contributed by atoms with Crippen molar-refractivity contribution >= 4 is 33.7 Å². The molecule has 1 aliphatic carbocycles. The molecule has 33 heavy (non-hydrogen) atoms. The van der Waals surface area contributed by atoms with E-state index in [1.54, 1.807) is 5.38 Å². The number of aliphatic hydroxyl groups is 2. The smallest absolute Gasteiger partial charge is 0.390 e. The third-order valence-electron chi connectivity index (χ3n) is 5.23. The van der Waals surface area contributed by atoms with Crippen LogP contribution in [0.1, 0.15) is 34.7 Å². The van der Waals surface area contributed by atoms with Crippen LogP contribution in [0.25, 0.3) is 10.6 Å². The number of halogens is 3. The highest BCUT2D eigenvalue weighted by atomic mass is 32.1. The summed E-state index contributed by atoms with van der Waals surface area (Å²) in [4.78, 5) is 21.7. The van der Waals surface area contributed by atoms with E-state index in [1.165, 1.54) is 34.8 Å². The molecule has 0 radical (unpaired) electrons. The number of rotatable bonds is 8. The Bertz CT molecular complexity index is 1110. The summed E-state index contributed by atoms with van der Waals surface area (Å²) in [6, 6.07) is 4.83. The Balaban J connectivity index is 1.25. The van der Waals surface area contributed by atoms with Gasteiger partial charge in [0.1, 0.15) is 5.01 Å². The molecule has 0 unspecified atom stereocenters. The lowest BCUT2D eigenvalue weighted by molar-refractivity contribution is -0.137. The topological polar surface area (TPSA) is 105 Å². The summed E-state index contributed by atoms with van der Waals surface area (Å²) in [6.45, 7) is -0.318. The van der Waals surface area contributed by atoms with Gasteiger partial charge < -0.3 is 20.3 Å². The number of nitrogens with one attached hydrogen (secondary N) is 1. The lowest BCUT2D eigenvalue weighted by Crippen LogP contribution is -2.39. The zero-order chi connectivity index (χ0) is 23.6. The lowest BCUT2D eigenvalue weighted by Gasteiger charge is -2.33. The lowest BCUT2D eigenvalue weighted by atomic mass is 9.81.